The summed E-state index contributed by atoms with van der Waals surface area (Å²) in [5.41, 5.74) is 0. The van der Waals surface area contributed by atoms with Crippen LogP contribution < -0.4 is 4.72 Å². The second-order valence-electron chi connectivity index (χ2n) is 4.41. The van der Waals surface area contributed by atoms with Gasteiger partial charge in [0.2, 0.25) is 5.03 Å². The molecule has 1 heterocycles. The first-order valence-corrected chi connectivity index (χ1v) is 8.81. The fourth-order valence-corrected chi connectivity index (χ4v) is 4.58. The van der Waals surface area contributed by atoms with Crippen molar-refractivity contribution in [2.45, 2.75) is 31.3 Å². The van der Waals surface area contributed by atoms with Crippen LogP contribution in [-0.2, 0) is 17.1 Å². The van der Waals surface area contributed by atoms with E-state index in [2.05, 4.69) is 46.9 Å². The summed E-state index contributed by atoms with van der Waals surface area (Å²) in [6, 6.07) is -0.156. The number of halogens is 2. The largest absolute Gasteiger partial charge is 0.260 e. The number of aryl methyl sites for hydroxylation is 1. The van der Waals surface area contributed by atoms with Crippen LogP contribution in [0.2, 0.25) is 0 Å². The van der Waals surface area contributed by atoms with Crippen LogP contribution in [-0.4, -0.2) is 34.8 Å². The van der Waals surface area contributed by atoms with E-state index in [-0.39, 0.29) is 15.7 Å². The molecule has 0 amide bonds. The zero-order valence-electron chi connectivity index (χ0n) is 10.4. The maximum atomic E-state index is 12.2. The van der Waals surface area contributed by atoms with Gasteiger partial charge in [0.05, 0.1) is 0 Å². The fraction of sp³-hybridized carbons (Fsp3) is 0.778. The zero-order chi connectivity index (χ0) is 13.9. The molecule has 0 fully saturated rings. The number of nitrogens with zero attached hydrogens (tertiary/aromatic N) is 3. The summed E-state index contributed by atoms with van der Waals surface area (Å²) in [4.78, 5) is 0. The van der Waals surface area contributed by atoms with Crippen molar-refractivity contribution in [3.8, 4) is 0 Å². The Kier molecular flexibility index (Phi) is 5.75. The Bertz CT molecular complexity index is 481. The average Bonchev–Trinajstić information content (AvgIpc) is 2.56. The first-order valence-electron chi connectivity index (χ1n) is 5.41. The minimum atomic E-state index is -3.62. The molecule has 0 aliphatic carbocycles. The van der Waals surface area contributed by atoms with Gasteiger partial charge < -0.3 is 0 Å². The molecule has 0 aromatic carbocycles. The van der Waals surface area contributed by atoms with E-state index in [1.807, 2.05) is 13.8 Å². The Hall–Kier alpha value is 0.0100. The van der Waals surface area contributed by atoms with Gasteiger partial charge in [0.1, 0.15) is 0 Å². The lowest BCUT2D eigenvalue weighted by Crippen LogP contribution is -2.38. The van der Waals surface area contributed by atoms with E-state index in [4.69, 9.17) is 0 Å². The molecule has 1 aromatic rings. The zero-order valence-corrected chi connectivity index (χ0v) is 14.4. The molecule has 0 spiro atoms. The van der Waals surface area contributed by atoms with Crippen molar-refractivity contribution in [1.29, 1.82) is 0 Å². The van der Waals surface area contributed by atoms with Crippen LogP contribution >= 0.6 is 31.9 Å². The summed E-state index contributed by atoms with van der Waals surface area (Å²) in [5, 5.41) is 7.94. The van der Waals surface area contributed by atoms with E-state index in [1.54, 1.807) is 0 Å². The SMILES string of the molecule is CC(C)CC(CBr)NS(=O)(=O)c1c(Br)nnn1C. The maximum absolute atomic E-state index is 12.2. The Labute approximate surface area is 124 Å². The van der Waals surface area contributed by atoms with Crippen molar-refractivity contribution in [2.75, 3.05) is 5.33 Å². The van der Waals surface area contributed by atoms with Crippen molar-refractivity contribution in [2.24, 2.45) is 13.0 Å². The van der Waals surface area contributed by atoms with Crippen LogP contribution in [0.1, 0.15) is 20.3 Å². The van der Waals surface area contributed by atoms with Crippen molar-refractivity contribution in [3.05, 3.63) is 4.60 Å². The predicted molar refractivity (Wildman–Crippen MR) is 76.1 cm³/mol. The molecule has 0 aliphatic rings. The molecule has 104 valence electrons. The highest BCUT2D eigenvalue weighted by Crippen LogP contribution is 2.19. The highest BCUT2D eigenvalue weighted by atomic mass is 79.9. The number of alkyl halides is 1. The smallest absolute Gasteiger partial charge is 0.235 e. The summed E-state index contributed by atoms with van der Waals surface area (Å²) in [5.74, 6) is 0.406. The van der Waals surface area contributed by atoms with Gasteiger partial charge in [-0.25, -0.2) is 17.8 Å². The number of aromatic nitrogens is 3. The molecule has 6 nitrogen and oxygen atoms in total. The lowest BCUT2D eigenvalue weighted by Gasteiger charge is -2.18. The van der Waals surface area contributed by atoms with Gasteiger partial charge in [-0.3, -0.25) is 0 Å². The third kappa shape index (κ3) is 4.01. The lowest BCUT2D eigenvalue weighted by atomic mass is 10.1. The first kappa shape index (κ1) is 16.1. The summed E-state index contributed by atoms with van der Waals surface area (Å²) in [6.07, 6.45) is 0.757. The minimum Gasteiger partial charge on any atom is -0.235 e. The molecule has 1 aromatic heterocycles. The van der Waals surface area contributed by atoms with Gasteiger partial charge in [0.15, 0.2) is 4.60 Å². The van der Waals surface area contributed by atoms with Crippen LogP contribution in [0, 0.1) is 5.92 Å². The number of sulfonamides is 1. The average molecular weight is 404 g/mol. The van der Waals surface area contributed by atoms with Gasteiger partial charge >= 0.3 is 0 Å². The topological polar surface area (TPSA) is 76.9 Å². The Morgan fingerprint density at radius 1 is 1.44 bits per heavy atom. The number of nitrogens with one attached hydrogen (secondary N) is 1. The predicted octanol–water partition coefficient (Wildman–Crippen LogP) is 1.67. The van der Waals surface area contributed by atoms with Gasteiger partial charge in [0, 0.05) is 18.4 Å². The normalized spacial score (nSPS) is 14.1. The molecule has 9 heteroatoms. The molecule has 0 bridgehead atoms. The van der Waals surface area contributed by atoms with Gasteiger partial charge in [0.25, 0.3) is 10.0 Å². The fourth-order valence-electron chi connectivity index (χ4n) is 1.59. The molecule has 1 unspecified atom stereocenters. The van der Waals surface area contributed by atoms with Crippen LogP contribution in [0.15, 0.2) is 9.63 Å². The molecule has 0 saturated carbocycles. The molecule has 1 atom stereocenters. The summed E-state index contributed by atoms with van der Waals surface area (Å²) in [6.45, 7) is 4.09. The number of hydrogen-bond donors (Lipinski definition) is 1. The molecule has 18 heavy (non-hydrogen) atoms. The van der Waals surface area contributed by atoms with Crippen molar-refractivity contribution >= 4 is 41.9 Å². The quantitative estimate of drug-likeness (QED) is 0.732. The van der Waals surface area contributed by atoms with Crippen LogP contribution in [0.3, 0.4) is 0 Å². The third-order valence-corrected chi connectivity index (χ3v) is 5.44. The van der Waals surface area contributed by atoms with Crippen LogP contribution in [0.25, 0.3) is 0 Å². The van der Waals surface area contributed by atoms with Crippen molar-refractivity contribution in [3.63, 3.8) is 0 Å². The second kappa shape index (κ2) is 6.44. The Morgan fingerprint density at radius 3 is 2.44 bits per heavy atom. The number of rotatable bonds is 6. The summed E-state index contributed by atoms with van der Waals surface area (Å²) >= 11 is 6.41. The van der Waals surface area contributed by atoms with Gasteiger partial charge in [-0.2, -0.15) is 0 Å². The van der Waals surface area contributed by atoms with E-state index >= 15 is 0 Å². The molecule has 1 N–H and O–H groups in total. The van der Waals surface area contributed by atoms with E-state index in [1.165, 1.54) is 11.7 Å². The van der Waals surface area contributed by atoms with Gasteiger partial charge in [-0.15, -0.1) is 5.10 Å². The van der Waals surface area contributed by atoms with Gasteiger partial charge in [-0.1, -0.05) is 35.0 Å². The van der Waals surface area contributed by atoms with E-state index in [0.29, 0.717) is 11.2 Å². The molecular weight excluding hydrogens is 388 g/mol. The molecule has 1 rings (SSSR count). The maximum Gasteiger partial charge on any atom is 0.260 e. The number of hydrogen-bond acceptors (Lipinski definition) is 4. The van der Waals surface area contributed by atoms with Crippen molar-refractivity contribution < 1.29 is 8.42 Å². The first-order chi connectivity index (χ1) is 8.27. The van der Waals surface area contributed by atoms with Crippen molar-refractivity contribution in [1.82, 2.24) is 19.7 Å². The van der Waals surface area contributed by atoms with E-state index in [9.17, 15) is 8.42 Å². The minimum absolute atomic E-state index is 0.0391. The monoisotopic (exact) mass is 402 g/mol. The Morgan fingerprint density at radius 2 is 2.06 bits per heavy atom. The molecular formula is C9H16Br2N4O2S. The summed E-state index contributed by atoms with van der Waals surface area (Å²) in [7, 11) is -2.08. The van der Waals surface area contributed by atoms with E-state index in [0.717, 1.165) is 6.42 Å². The Balaban J connectivity index is 2.94. The second-order valence-corrected chi connectivity index (χ2v) is 7.44. The highest BCUT2D eigenvalue weighted by molar-refractivity contribution is 9.10. The highest BCUT2D eigenvalue weighted by Gasteiger charge is 2.26. The van der Waals surface area contributed by atoms with Crippen LogP contribution in [0.5, 0.6) is 0 Å². The molecule has 0 saturated heterocycles. The standard InChI is InChI=1S/C9H16Br2N4O2S/c1-6(2)4-7(5-10)13-18(16,17)9-8(11)12-14-15(9)3/h6-7,13H,4-5H2,1-3H3. The molecule has 0 radical (unpaired) electrons. The molecule has 0 aliphatic heterocycles. The third-order valence-electron chi connectivity index (χ3n) is 2.26. The van der Waals surface area contributed by atoms with Gasteiger partial charge in [-0.05, 0) is 28.3 Å². The van der Waals surface area contributed by atoms with E-state index < -0.39 is 10.0 Å². The van der Waals surface area contributed by atoms with Crippen LogP contribution in [0.4, 0.5) is 0 Å². The lowest BCUT2D eigenvalue weighted by molar-refractivity contribution is 0.484. The summed E-state index contributed by atoms with van der Waals surface area (Å²) < 4.78 is 28.5.